The molecule has 0 rings (SSSR count). The monoisotopic (exact) mass is 254 g/mol. The first-order chi connectivity index (χ1) is 7.41. The zero-order valence-electron chi connectivity index (χ0n) is 10.1. The second kappa shape index (κ2) is 17.9. The first-order valence-electron chi connectivity index (χ1n) is 6.29. The summed E-state index contributed by atoms with van der Waals surface area (Å²) in [5, 5.41) is 0. The highest BCUT2D eigenvalue weighted by Gasteiger charge is 1.86. The maximum Gasteiger partial charge on any atom is 0.316 e. The molecule has 0 radical (unpaired) electrons. The minimum atomic E-state index is 0. The Morgan fingerprint density at radius 3 is 1.94 bits per heavy atom. The van der Waals surface area contributed by atoms with Gasteiger partial charge >= 0.3 is 23.1 Å². The minimum absolute atomic E-state index is 0. The van der Waals surface area contributed by atoms with Crippen LogP contribution in [-0.4, -0.2) is 28.9 Å². The van der Waals surface area contributed by atoms with Crippen LogP contribution >= 0.6 is 11.6 Å². The van der Waals surface area contributed by atoms with Crippen LogP contribution in [-0.2, 0) is 0 Å². The summed E-state index contributed by atoms with van der Waals surface area (Å²) in [7, 11) is 0. The maximum absolute atomic E-state index is 5.60. The molecule has 0 nitrogen and oxygen atoms in total. The van der Waals surface area contributed by atoms with Crippen LogP contribution in [0, 0.1) is 0 Å². The molecule has 0 heterocycles. The van der Waals surface area contributed by atoms with Gasteiger partial charge in [-0.1, -0.05) is 56.9 Å². The largest absolute Gasteiger partial charge is 0.316 e. The fourth-order valence-electron chi connectivity index (χ4n) is 1.38. The van der Waals surface area contributed by atoms with Crippen molar-refractivity contribution in [1.29, 1.82) is 0 Å². The molecule has 2 heteroatoms. The van der Waals surface area contributed by atoms with Crippen LogP contribution in [0.5, 0.6) is 0 Å². The van der Waals surface area contributed by atoms with Gasteiger partial charge in [0, 0.05) is 5.88 Å². The van der Waals surface area contributed by atoms with E-state index in [0.717, 1.165) is 5.88 Å². The lowest BCUT2D eigenvalue weighted by atomic mass is 10.1. The van der Waals surface area contributed by atoms with Crippen molar-refractivity contribution in [3.8, 4) is 0 Å². The number of alkyl halides is 1. The molecule has 0 aromatic heterocycles. The van der Waals surface area contributed by atoms with Gasteiger partial charge in [0.1, 0.15) is 0 Å². The third-order valence-electron chi connectivity index (χ3n) is 2.36. The van der Waals surface area contributed by atoms with Crippen LogP contribution in [0.25, 0.3) is 0 Å². The predicted molar refractivity (Wildman–Crippen MR) is 80.2 cm³/mol. The lowest BCUT2D eigenvalue weighted by Crippen LogP contribution is -1.77. The summed E-state index contributed by atoms with van der Waals surface area (Å²) in [6.45, 7) is 2.23. The Labute approximate surface area is 123 Å². The van der Waals surface area contributed by atoms with Gasteiger partial charge in [-0.05, 0) is 25.7 Å². The first kappa shape index (κ1) is 18.9. The zero-order valence-corrected chi connectivity index (χ0v) is 10.8. The molecule has 0 atom stereocenters. The van der Waals surface area contributed by atoms with E-state index in [1.54, 1.807) is 0 Å². The highest BCUT2D eigenvalue weighted by Crippen LogP contribution is 2.04. The quantitative estimate of drug-likeness (QED) is 0.232. The Bertz CT molecular complexity index is 164. The van der Waals surface area contributed by atoms with Crippen LogP contribution in [0.15, 0.2) is 24.3 Å². The van der Waals surface area contributed by atoms with Crippen LogP contribution < -0.4 is 0 Å². The SMILES string of the molecule is CCCC/C=C\C=C\CCCCCCCl.[MgH2]. The normalized spacial score (nSPS) is 11.1. The van der Waals surface area contributed by atoms with Crippen molar-refractivity contribution in [2.45, 2.75) is 58.3 Å². The molecule has 0 aliphatic heterocycles. The Kier molecular flexibility index (Phi) is 21.2. The summed E-state index contributed by atoms with van der Waals surface area (Å²) in [6, 6.07) is 0. The average molecular weight is 255 g/mol. The topological polar surface area (TPSA) is 0 Å². The highest BCUT2D eigenvalue weighted by atomic mass is 35.5. The Hall–Kier alpha value is 0.536. The van der Waals surface area contributed by atoms with Gasteiger partial charge in [-0.2, -0.15) is 0 Å². The van der Waals surface area contributed by atoms with Crippen molar-refractivity contribution in [3.63, 3.8) is 0 Å². The summed E-state index contributed by atoms with van der Waals surface area (Å²) in [4.78, 5) is 0. The molecule has 0 fully saturated rings. The number of allylic oxidation sites excluding steroid dienone is 4. The lowest BCUT2D eigenvalue weighted by Gasteiger charge is -1.94. The van der Waals surface area contributed by atoms with Crippen molar-refractivity contribution in [3.05, 3.63) is 24.3 Å². The van der Waals surface area contributed by atoms with E-state index in [-0.39, 0.29) is 23.1 Å². The average Bonchev–Trinajstić information content (AvgIpc) is 2.26. The van der Waals surface area contributed by atoms with E-state index in [0.29, 0.717) is 0 Å². The third-order valence-corrected chi connectivity index (χ3v) is 2.63. The Morgan fingerprint density at radius 1 is 0.812 bits per heavy atom. The van der Waals surface area contributed by atoms with Crippen LogP contribution in [0.4, 0.5) is 0 Å². The summed E-state index contributed by atoms with van der Waals surface area (Å²) >= 11 is 5.60. The summed E-state index contributed by atoms with van der Waals surface area (Å²) in [5.74, 6) is 0.815. The summed E-state index contributed by atoms with van der Waals surface area (Å²) in [5.41, 5.74) is 0. The van der Waals surface area contributed by atoms with E-state index >= 15 is 0 Å². The molecule has 0 aliphatic carbocycles. The Balaban J connectivity index is 0. The molecule has 0 aromatic rings. The smallest absolute Gasteiger partial charge is 0.127 e. The van der Waals surface area contributed by atoms with Gasteiger partial charge < -0.3 is 0 Å². The van der Waals surface area contributed by atoms with E-state index in [1.165, 1.54) is 51.4 Å². The number of unbranched alkanes of at least 4 members (excludes halogenated alkanes) is 6. The van der Waals surface area contributed by atoms with E-state index in [4.69, 9.17) is 11.6 Å². The minimum Gasteiger partial charge on any atom is -0.127 e. The molecule has 16 heavy (non-hydrogen) atoms. The van der Waals surface area contributed by atoms with Crippen molar-refractivity contribution >= 4 is 34.7 Å². The highest BCUT2D eigenvalue weighted by molar-refractivity contribution is 6.17. The number of halogens is 1. The van der Waals surface area contributed by atoms with Gasteiger partial charge in [0.2, 0.25) is 0 Å². The van der Waals surface area contributed by atoms with Crippen LogP contribution in [0.3, 0.4) is 0 Å². The van der Waals surface area contributed by atoms with Crippen molar-refractivity contribution < 1.29 is 0 Å². The van der Waals surface area contributed by atoms with Gasteiger partial charge in [-0.15, -0.1) is 11.6 Å². The molecule has 0 aliphatic rings. The fourth-order valence-corrected chi connectivity index (χ4v) is 1.57. The van der Waals surface area contributed by atoms with Crippen LogP contribution in [0.2, 0.25) is 0 Å². The third kappa shape index (κ3) is 16.9. The molecule has 0 unspecified atom stereocenters. The molecule has 0 aromatic carbocycles. The zero-order chi connectivity index (χ0) is 11.2. The standard InChI is InChI=1S/C14H25Cl.Mg.2H/c1-2-3-4-5-6-7-8-9-10-11-12-13-14-15;;;/h5-8H,2-4,9-14H2,1H3;;;/b6-5-,8-7+;;;. The molecular weight excluding hydrogens is 228 g/mol. The molecule has 0 saturated heterocycles. The van der Waals surface area contributed by atoms with Gasteiger partial charge in [0.05, 0.1) is 0 Å². The molecular formula is C14H27ClMg. The molecule has 0 amide bonds. The second-order valence-corrected chi connectivity index (χ2v) is 4.27. The second-order valence-electron chi connectivity index (χ2n) is 3.89. The van der Waals surface area contributed by atoms with E-state index < -0.39 is 0 Å². The molecule has 0 bridgehead atoms. The van der Waals surface area contributed by atoms with Gasteiger partial charge in [0.15, 0.2) is 0 Å². The van der Waals surface area contributed by atoms with Gasteiger partial charge in [0.25, 0.3) is 0 Å². The predicted octanol–water partition coefficient (Wildman–Crippen LogP) is 4.56. The maximum atomic E-state index is 5.60. The van der Waals surface area contributed by atoms with E-state index in [9.17, 15) is 0 Å². The molecule has 0 saturated carbocycles. The number of hydrogen-bond donors (Lipinski definition) is 0. The summed E-state index contributed by atoms with van der Waals surface area (Å²) < 4.78 is 0. The van der Waals surface area contributed by atoms with Crippen LogP contribution in [0.1, 0.15) is 58.3 Å². The molecule has 0 N–H and O–H groups in total. The molecule has 92 valence electrons. The van der Waals surface area contributed by atoms with Crippen molar-refractivity contribution in [2.24, 2.45) is 0 Å². The number of hydrogen-bond acceptors (Lipinski definition) is 0. The van der Waals surface area contributed by atoms with E-state index in [2.05, 4.69) is 31.2 Å². The van der Waals surface area contributed by atoms with Crippen molar-refractivity contribution in [2.75, 3.05) is 5.88 Å². The number of rotatable bonds is 10. The van der Waals surface area contributed by atoms with Crippen molar-refractivity contribution in [1.82, 2.24) is 0 Å². The molecule has 0 spiro atoms. The van der Waals surface area contributed by atoms with E-state index in [1.807, 2.05) is 0 Å². The fraction of sp³-hybridized carbons (Fsp3) is 0.714. The lowest BCUT2D eigenvalue weighted by molar-refractivity contribution is 0.677. The van der Waals surface area contributed by atoms with Gasteiger partial charge in [-0.25, -0.2) is 0 Å². The Morgan fingerprint density at radius 2 is 1.38 bits per heavy atom. The summed E-state index contributed by atoms with van der Waals surface area (Å²) in [6.07, 6.45) is 19.0. The van der Waals surface area contributed by atoms with Gasteiger partial charge in [-0.3, -0.25) is 0 Å². The first-order valence-corrected chi connectivity index (χ1v) is 6.83.